The summed E-state index contributed by atoms with van der Waals surface area (Å²) in [7, 11) is -2.07. The zero-order valence-electron chi connectivity index (χ0n) is 23.0. The molecular weight excluding hydrogens is 931 g/mol. The van der Waals surface area contributed by atoms with E-state index in [1.165, 1.54) is 12.1 Å². The molecule has 0 spiro atoms. The zero-order valence-corrected chi connectivity index (χ0v) is 32.4. The van der Waals surface area contributed by atoms with Gasteiger partial charge in [-0.15, -0.1) is 0 Å². The lowest BCUT2D eigenvalue weighted by molar-refractivity contribution is 0.606. The maximum atomic E-state index is 12.9. The van der Waals surface area contributed by atoms with Crippen LogP contribution < -0.4 is 22.1 Å². The number of fused-ring (bicyclic) bond motifs is 2. The van der Waals surface area contributed by atoms with Gasteiger partial charge in [0.1, 0.15) is 11.6 Å². The first-order chi connectivity index (χ1) is 21.2. The normalized spacial score (nSPS) is 10.6. The number of nitriles is 1. The molecule has 0 aliphatic heterocycles. The summed E-state index contributed by atoms with van der Waals surface area (Å²) in [5.74, 6) is 8.01. The van der Waals surface area contributed by atoms with Crippen LogP contribution >= 0.6 is 93.3 Å². The van der Waals surface area contributed by atoms with Gasteiger partial charge in [0.15, 0.2) is 17.5 Å². The topological polar surface area (TPSA) is 240 Å². The first-order valence-electron chi connectivity index (χ1n) is 11.4. The number of halogens is 8. The second kappa shape index (κ2) is 18.5. The van der Waals surface area contributed by atoms with Crippen molar-refractivity contribution in [2.45, 2.75) is 0 Å². The van der Waals surface area contributed by atoms with E-state index in [9.17, 15) is 21.2 Å². The molecule has 46 heavy (non-hydrogen) atoms. The number of hydrogen-bond acceptors (Lipinski definition) is 10. The molecule has 23 heteroatoms. The van der Waals surface area contributed by atoms with E-state index >= 15 is 0 Å². The molecular formula is C23H21Br3Cl4FN9O4S2. The lowest BCUT2D eigenvalue weighted by Gasteiger charge is -2.01. The van der Waals surface area contributed by atoms with E-state index in [1.54, 1.807) is 24.3 Å². The molecule has 2 heterocycles. The molecule has 0 amide bonds. The third-order valence-electron chi connectivity index (χ3n) is 4.71. The molecule has 250 valence electrons. The van der Waals surface area contributed by atoms with Gasteiger partial charge in [-0.05, 0) is 84.2 Å². The van der Waals surface area contributed by atoms with Crippen LogP contribution in [0.2, 0.25) is 15.1 Å². The highest BCUT2D eigenvalue weighted by molar-refractivity contribution is 9.11. The van der Waals surface area contributed by atoms with Gasteiger partial charge in [-0.3, -0.25) is 26.6 Å². The summed E-state index contributed by atoms with van der Waals surface area (Å²) in [5.41, 5.74) is 6.96. The highest BCUT2D eigenvalue weighted by atomic mass is 79.9. The summed E-state index contributed by atoms with van der Waals surface area (Å²) >= 11 is 27.0. The number of rotatable bonds is 2. The number of anilines is 2. The quantitative estimate of drug-likeness (QED) is 0.0457. The second-order valence-corrected chi connectivity index (χ2v) is 16.7. The zero-order chi connectivity index (χ0) is 35.6. The van der Waals surface area contributed by atoms with E-state index in [0.717, 1.165) is 32.4 Å². The predicted octanol–water partition coefficient (Wildman–Crippen LogP) is 7.03. The average molecular weight is 952 g/mol. The number of hydrogen-bond donors (Lipinski definition) is 6. The van der Waals surface area contributed by atoms with Gasteiger partial charge in [0.05, 0.1) is 53.9 Å². The van der Waals surface area contributed by atoms with Crippen LogP contribution in [0.4, 0.5) is 16.0 Å². The van der Waals surface area contributed by atoms with Crippen LogP contribution in [0.1, 0.15) is 5.56 Å². The largest absolute Gasteiger partial charge is 0.382 e. The summed E-state index contributed by atoms with van der Waals surface area (Å²) in [5, 5.41) is 24.1. The van der Waals surface area contributed by atoms with Crippen molar-refractivity contribution in [3.8, 4) is 6.07 Å². The molecule has 0 saturated carbocycles. The number of aromatic nitrogens is 4. The Bertz CT molecular complexity index is 2090. The number of hydrazine groups is 1. The molecule has 0 fully saturated rings. The van der Waals surface area contributed by atoms with Gasteiger partial charge in [0.2, 0.25) is 19.1 Å². The van der Waals surface area contributed by atoms with Crippen molar-refractivity contribution in [1.82, 2.24) is 20.4 Å². The highest BCUT2D eigenvalue weighted by Gasteiger charge is 2.15. The summed E-state index contributed by atoms with van der Waals surface area (Å²) < 4.78 is 58.2. The minimum absolute atomic E-state index is 0.124. The lowest BCUT2D eigenvalue weighted by atomic mass is 10.2. The average Bonchev–Trinajstić information content (AvgIpc) is 3.56. The number of aromatic amines is 2. The fourth-order valence-corrected chi connectivity index (χ4v) is 5.38. The van der Waals surface area contributed by atoms with Crippen LogP contribution in [-0.4, -0.2) is 49.7 Å². The number of nitrogen functional groups attached to an aromatic ring is 1. The van der Waals surface area contributed by atoms with Gasteiger partial charge in [-0.25, -0.2) is 21.2 Å². The molecule has 0 saturated heterocycles. The Labute approximate surface area is 307 Å². The standard InChI is InChI=1S/C8H7BrClN3O2S.C7H2BrClFN.C7H5BrClN3.CH3ClO2S.H4N2/c1-16(14,15)13-8-6-5(10)3-2-4(9)7(6)11-12-8;8-5-1-2-6(9)4(3-11)7(5)10;8-3-1-2-4(9)5-6(3)11-12-7(5)10;1-5(2,3)4;1-2/h2-3H,1H3,(H2,11,12,13);1-2H;1-2H,(H3,10,11,12);1H3;1-2H2. The van der Waals surface area contributed by atoms with E-state index in [4.69, 9.17) is 45.8 Å². The third-order valence-corrected chi connectivity index (χ3v) is 8.15. The Morgan fingerprint density at radius 1 is 0.826 bits per heavy atom. The monoisotopic (exact) mass is 947 g/mol. The molecule has 9 N–H and O–H groups in total. The van der Waals surface area contributed by atoms with Crippen molar-refractivity contribution in [3.05, 3.63) is 76.3 Å². The van der Waals surface area contributed by atoms with E-state index in [-0.39, 0.29) is 20.9 Å². The lowest BCUT2D eigenvalue weighted by Crippen LogP contribution is -2.10. The molecule has 13 nitrogen and oxygen atoms in total. The van der Waals surface area contributed by atoms with Crippen LogP contribution in [0.3, 0.4) is 0 Å². The van der Waals surface area contributed by atoms with Crippen LogP contribution in [0.25, 0.3) is 21.8 Å². The Kier molecular flexibility index (Phi) is 17.0. The fraction of sp³-hybridized carbons (Fsp3) is 0.0870. The highest BCUT2D eigenvalue weighted by Crippen LogP contribution is 2.34. The van der Waals surface area contributed by atoms with Gasteiger partial charge < -0.3 is 5.73 Å². The number of benzene rings is 3. The van der Waals surface area contributed by atoms with Gasteiger partial charge >= 0.3 is 0 Å². The number of nitrogens with zero attached hydrogens (tertiary/aromatic N) is 3. The van der Waals surface area contributed by atoms with Crippen LogP contribution in [0.5, 0.6) is 0 Å². The molecule has 0 unspecified atom stereocenters. The van der Waals surface area contributed by atoms with Crippen molar-refractivity contribution in [2.75, 3.05) is 23.0 Å². The Balaban J connectivity index is 0.000000318. The summed E-state index contributed by atoms with van der Waals surface area (Å²) in [6.07, 6.45) is 1.98. The van der Waals surface area contributed by atoms with Crippen LogP contribution in [0, 0.1) is 17.1 Å². The van der Waals surface area contributed by atoms with Gasteiger partial charge in [0, 0.05) is 19.6 Å². The molecule has 0 bridgehead atoms. The maximum absolute atomic E-state index is 12.9. The molecule has 0 radical (unpaired) electrons. The molecule has 5 rings (SSSR count). The maximum Gasteiger partial charge on any atom is 0.231 e. The molecule has 0 aliphatic rings. The van der Waals surface area contributed by atoms with Gasteiger partial charge in [-0.2, -0.15) is 15.5 Å². The predicted molar refractivity (Wildman–Crippen MR) is 193 cm³/mol. The number of H-pyrrole nitrogens is 2. The number of sulfonamides is 1. The molecule has 0 aliphatic carbocycles. The van der Waals surface area contributed by atoms with Crippen molar-refractivity contribution < 1.29 is 21.2 Å². The molecule has 5 aromatic rings. The minimum atomic E-state index is -3.37. The van der Waals surface area contributed by atoms with Gasteiger partial charge in [-0.1, -0.05) is 34.8 Å². The van der Waals surface area contributed by atoms with Crippen molar-refractivity contribution in [2.24, 2.45) is 11.7 Å². The first kappa shape index (κ1) is 42.1. The Hall–Kier alpha value is -1.96. The van der Waals surface area contributed by atoms with Crippen molar-refractivity contribution in [1.29, 1.82) is 5.26 Å². The van der Waals surface area contributed by atoms with Gasteiger partial charge in [0.25, 0.3) is 0 Å². The minimum Gasteiger partial charge on any atom is -0.382 e. The number of nitrogens with two attached hydrogens (primary N) is 3. The number of nitrogens with one attached hydrogen (secondary N) is 3. The summed E-state index contributed by atoms with van der Waals surface area (Å²) in [6, 6.07) is 11.6. The fourth-order valence-electron chi connectivity index (χ4n) is 3.02. The molecule has 3 aromatic carbocycles. The van der Waals surface area contributed by atoms with Crippen LogP contribution in [0.15, 0.2) is 49.8 Å². The van der Waals surface area contributed by atoms with E-state index in [2.05, 4.69) is 95.3 Å². The van der Waals surface area contributed by atoms with E-state index in [0.29, 0.717) is 26.8 Å². The summed E-state index contributed by atoms with van der Waals surface area (Å²) in [4.78, 5) is 0. The van der Waals surface area contributed by atoms with Crippen LogP contribution in [-0.2, 0) is 19.1 Å². The van der Waals surface area contributed by atoms with Crippen molar-refractivity contribution >= 4 is 146 Å². The van der Waals surface area contributed by atoms with E-state index in [1.807, 2.05) is 6.07 Å². The SMILES string of the molecule is CS(=O)(=O)Cl.CS(=O)(=O)Nc1n[nH]c2c(Br)ccc(Cl)c12.N#Cc1c(Cl)ccc(Br)c1F.NN.Nc1n[nH]c2c(Br)ccc(Cl)c12. The Morgan fingerprint density at radius 2 is 1.24 bits per heavy atom. The van der Waals surface area contributed by atoms with Crippen molar-refractivity contribution in [3.63, 3.8) is 0 Å². The second-order valence-electron chi connectivity index (χ2n) is 8.13. The summed E-state index contributed by atoms with van der Waals surface area (Å²) in [6.45, 7) is 0. The first-order valence-corrected chi connectivity index (χ1v) is 19.5. The third kappa shape index (κ3) is 12.9. The Morgan fingerprint density at radius 3 is 1.67 bits per heavy atom. The molecule has 2 aromatic heterocycles. The van der Waals surface area contributed by atoms with E-state index < -0.39 is 24.9 Å². The molecule has 0 atom stereocenters. The smallest absolute Gasteiger partial charge is 0.231 e.